The van der Waals surface area contributed by atoms with Crippen LogP contribution in [0.4, 0.5) is 0 Å². The Bertz CT molecular complexity index is 276. The molecule has 104 valence electrons. The van der Waals surface area contributed by atoms with Crippen LogP contribution in [0.2, 0.25) is 0 Å². The van der Waals surface area contributed by atoms with Crippen LogP contribution < -0.4 is 5.32 Å². The van der Waals surface area contributed by atoms with Gasteiger partial charge in [0.25, 0.3) is 0 Å². The van der Waals surface area contributed by atoms with Gasteiger partial charge in [0, 0.05) is 26.7 Å². The van der Waals surface area contributed by atoms with Gasteiger partial charge >= 0.3 is 5.97 Å². The summed E-state index contributed by atoms with van der Waals surface area (Å²) in [4.78, 5) is 22.6. The number of hydrogen-bond acceptors (Lipinski definition) is 4. The molecule has 18 heavy (non-hydrogen) atoms. The van der Waals surface area contributed by atoms with E-state index in [2.05, 4.69) is 5.32 Å². The molecule has 6 heteroatoms. The fraction of sp³-hybridized carbons (Fsp3) is 0.833. The Morgan fingerprint density at radius 3 is 2.83 bits per heavy atom. The lowest BCUT2D eigenvalue weighted by Crippen LogP contribution is -2.43. The van der Waals surface area contributed by atoms with Crippen LogP contribution in [0, 0.1) is 0 Å². The van der Waals surface area contributed by atoms with Gasteiger partial charge in [-0.05, 0) is 19.3 Å². The summed E-state index contributed by atoms with van der Waals surface area (Å²) in [5, 5.41) is 11.5. The molecule has 1 heterocycles. The number of rotatable bonds is 7. The Labute approximate surface area is 107 Å². The summed E-state index contributed by atoms with van der Waals surface area (Å²) >= 11 is 0. The predicted octanol–water partition coefficient (Wildman–Crippen LogP) is 0.552. The van der Waals surface area contributed by atoms with Gasteiger partial charge in [0.2, 0.25) is 5.91 Å². The summed E-state index contributed by atoms with van der Waals surface area (Å²) in [5.74, 6) is -1.31. The van der Waals surface area contributed by atoms with E-state index in [0.29, 0.717) is 13.2 Å². The second-order valence-electron chi connectivity index (χ2n) is 4.43. The summed E-state index contributed by atoms with van der Waals surface area (Å²) < 4.78 is 10.3. The number of carboxylic acid groups (broad SMARTS) is 1. The Hall–Kier alpha value is -1.14. The van der Waals surface area contributed by atoms with Gasteiger partial charge in [-0.15, -0.1) is 0 Å². The monoisotopic (exact) mass is 259 g/mol. The molecule has 0 radical (unpaired) electrons. The molecule has 2 N–H and O–H groups in total. The van der Waals surface area contributed by atoms with E-state index >= 15 is 0 Å². The van der Waals surface area contributed by atoms with Crippen LogP contribution >= 0.6 is 0 Å². The number of carbonyl (C=O) groups is 2. The first-order chi connectivity index (χ1) is 8.63. The van der Waals surface area contributed by atoms with Crippen molar-refractivity contribution in [1.29, 1.82) is 0 Å². The highest BCUT2D eigenvalue weighted by molar-refractivity contribution is 5.83. The third-order valence-electron chi connectivity index (χ3n) is 2.93. The molecule has 0 bridgehead atoms. The van der Waals surface area contributed by atoms with Crippen molar-refractivity contribution >= 4 is 11.9 Å². The van der Waals surface area contributed by atoms with Crippen molar-refractivity contribution in [2.45, 2.75) is 44.2 Å². The lowest BCUT2D eigenvalue weighted by molar-refractivity contribution is -0.143. The Morgan fingerprint density at radius 1 is 1.50 bits per heavy atom. The van der Waals surface area contributed by atoms with Crippen LogP contribution in [0.3, 0.4) is 0 Å². The van der Waals surface area contributed by atoms with Crippen LogP contribution in [0.1, 0.15) is 32.1 Å². The highest BCUT2D eigenvalue weighted by Crippen LogP contribution is 2.15. The molecule has 0 aliphatic carbocycles. The topological polar surface area (TPSA) is 84.9 Å². The summed E-state index contributed by atoms with van der Waals surface area (Å²) in [7, 11) is 1.50. The van der Waals surface area contributed by atoms with E-state index in [9.17, 15) is 9.59 Å². The van der Waals surface area contributed by atoms with Crippen LogP contribution in [-0.4, -0.2) is 49.5 Å². The molecule has 0 aromatic carbocycles. The third-order valence-corrected chi connectivity index (χ3v) is 2.93. The molecule has 1 amide bonds. The van der Waals surface area contributed by atoms with E-state index in [1.807, 2.05) is 0 Å². The Kier molecular flexibility index (Phi) is 6.67. The second kappa shape index (κ2) is 8.05. The molecule has 0 aromatic rings. The highest BCUT2D eigenvalue weighted by Gasteiger charge is 2.23. The molecule has 2 unspecified atom stereocenters. The molecule has 2 atom stereocenters. The van der Waals surface area contributed by atoms with E-state index in [-0.39, 0.29) is 24.9 Å². The standard InChI is InChI=1S/C12H21NO5/c1-17-7-5-10(12(15)16)13-11(14)8-9-4-2-3-6-18-9/h9-10H,2-8H2,1H3,(H,13,14)(H,15,16). The number of aliphatic carboxylic acids is 1. The zero-order valence-corrected chi connectivity index (χ0v) is 10.7. The maximum absolute atomic E-state index is 11.7. The quantitative estimate of drug-likeness (QED) is 0.697. The SMILES string of the molecule is COCCC(NC(=O)CC1CCCCO1)C(=O)O. The van der Waals surface area contributed by atoms with Crippen molar-refractivity contribution < 1.29 is 24.2 Å². The molecule has 1 fully saturated rings. The number of methoxy groups -OCH3 is 1. The molecule has 1 rings (SSSR count). The van der Waals surface area contributed by atoms with Crippen LogP contribution in [0.5, 0.6) is 0 Å². The van der Waals surface area contributed by atoms with E-state index in [0.717, 1.165) is 19.3 Å². The molecule has 6 nitrogen and oxygen atoms in total. The number of amides is 1. The molecule has 0 spiro atoms. The average Bonchev–Trinajstić information content (AvgIpc) is 2.35. The minimum absolute atomic E-state index is 0.0735. The minimum Gasteiger partial charge on any atom is -0.480 e. The van der Waals surface area contributed by atoms with E-state index in [1.165, 1.54) is 7.11 Å². The Balaban J connectivity index is 2.32. The van der Waals surface area contributed by atoms with Crippen molar-refractivity contribution in [1.82, 2.24) is 5.32 Å². The maximum Gasteiger partial charge on any atom is 0.326 e. The summed E-state index contributed by atoms with van der Waals surface area (Å²) in [6.45, 7) is 0.987. The van der Waals surface area contributed by atoms with Crippen molar-refractivity contribution in [3.63, 3.8) is 0 Å². The van der Waals surface area contributed by atoms with Gasteiger partial charge in [0.05, 0.1) is 12.5 Å². The first kappa shape index (κ1) is 14.9. The van der Waals surface area contributed by atoms with Gasteiger partial charge in [-0.1, -0.05) is 0 Å². The maximum atomic E-state index is 11.7. The molecule has 0 aromatic heterocycles. The van der Waals surface area contributed by atoms with E-state index in [1.54, 1.807) is 0 Å². The van der Waals surface area contributed by atoms with Crippen molar-refractivity contribution in [3.8, 4) is 0 Å². The van der Waals surface area contributed by atoms with Crippen molar-refractivity contribution in [2.24, 2.45) is 0 Å². The highest BCUT2D eigenvalue weighted by atomic mass is 16.5. The lowest BCUT2D eigenvalue weighted by Gasteiger charge is -2.23. The zero-order chi connectivity index (χ0) is 13.4. The van der Waals surface area contributed by atoms with Crippen LogP contribution in [0.25, 0.3) is 0 Å². The lowest BCUT2D eigenvalue weighted by atomic mass is 10.1. The second-order valence-corrected chi connectivity index (χ2v) is 4.43. The largest absolute Gasteiger partial charge is 0.480 e. The van der Waals surface area contributed by atoms with Crippen molar-refractivity contribution in [2.75, 3.05) is 20.3 Å². The fourth-order valence-electron chi connectivity index (χ4n) is 1.92. The number of hydrogen-bond donors (Lipinski definition) is 2. The van der Waals surface area contributed by atoms with Gasteiger partial charge in [-0.25, -0.2) is 4.79 Å². The normalized spacial score (nSPS) is 21.3. The summed E-state index contributed by atoms with van der Waals surface area (Å²) in [6.07, 6.45) is 3.38. The Morgan fingerprint density at radius 2 is 2.28 bits per heavy atom. The number of ether oxygens (including phenoxy) is 2. The molecule has 1 aliphatic heterocycles. The number of nitrogens with one attached hydrogen (secondary N) is 1. The van der Waals surface area contributed by atoms with Crippen LogP contribution in [-0.2, 0) is 19.1 Å². The number of carbonyl (C=O) groups excluding carboxylic acids is 1. The molecular weight excluding hydrogens is 238 g/mol. The predicted molar refractivity (Wildman–Crippen MR) is 64.3 cm³/mol. The summed E-state index contributed by atoms with van der Waals surface area (Å²) in [6, 6.07) is -0.888. The van der Waals surface area contributed by atoms with Gasteiger partial charge in [0.1, 0.15) is 6.04 Å². The van der Waals surface area contributed by atoms with Crippen LogP contribution in [0.15, 0.2) is 0 Å². The average molecular weight is 259 g/mol. The van der Waals surface area contributed by atoms with E-state index in [4.69, 9.17) is 14.6 Å². The smallest absolute Gasteiger partial charge is 0.326 e. The molecule has 1 saturated heterocycles. The molecular formula is C12H21NO5. The van der Waals surface area contributed by atoms with Gasteiger partial charge in [0.15, 0.2) is 0 Å². The number of carboxylic acids is 1. The van der Waals surface area contributed by atoms with Gasteiger partial charge in [-0.2, -0.15) is 0 Å². The van der Waals surface area contributed by atoms with Gasteiger partial charge in [-0.3, -0.25) is 4.79 Å². The third kappa shape index (κ3) is 5.46. The minimum atomic E-state index is -1.04. The van der Waals surface area contributed by atoms with Crippen molar-refractivity contribution in [3.05, 3.63) is 0 Å². The first-order valence-corrected chi connectivity index (χ1v) is 6.26. The van der Waals surface area contributed by atoms with E-state index < -0.39 is 12.0 Å². The zero-order valence-electron chi connectivity index (χ0n) is 10.7. The first-order valence-electron chi connectivity index (χ1n) is 6.26. The fourth-order valence-corrected chi connectivity index (χ4v) is 1.92. The molecule has 1 aliphatic rings. The van der Waals surface area contributed by atoms with Gasteiger partial charge < -0.3 is 19.9 Å². The molecule has 0 saturated carbocycles. The summed E-state index contributed by atoms with van der Waals surface area (Å²) in [5.41, 5.74) is 0.